The summed E-state index contributed by atoms with van der Waals surface area (Å²) in [5.74, 6) is 1.63. The largest absolute Gasteiger partial charge is 0.497 e. The van der Waals surface area contributed by atoms with E-state index in [0.717, 1.165) is 35.4 Å². The summed E-state index contributed by atoms with van der Waals surface area (Å²) >= 11 is 0. The highest BCUT2D eigenvalue weighted by Gasteiger charge is 2.22. The van der Waals surface area contributed by atoms with Gasteiger partial charge in [-0.05, 0) is 25.0 Å². The average molecular weight is 289 g/mol. The van der Waals surface area contributed by atoms with Gasteiger partial charge in [0.2, 0.25) is 5.91 Å². The molecular weight excluding hydrogens is 270 g/mol. The monoisotopic (exact) mass is 289 g/mol. The summed E-state index contributed by atoms with van der Waals surface area (Å²) in [5.41, 5.74) is 1.84. The molecular formula is C15H19N3O3. The van der Waals surface area contributed by atoms with Crippen LogP contribution in [0.4, 0.5) is 0 Å². The summed E-state index contributed by atoms with van der Waals surface area (Å²) in [6.45, 7) is 1.24. The molecule has 1 amide bonds. The molecule has 0 bridgehead atoms. The van der Waals surface area contributed by atoms with Gasteiger partial charge in [0.15, 0.2) is 0 Å². The van der Waals surface area contributed by atoms with Crippen LogP contribution in [0.15, 0.2) is 18.2 Å². The van der Waals surface area contributed by atoms with Gasteiger partial charge in [0.05, 0.1) is 18.1 Å². The van der Waals surface area contributed by atoms with Crippen molar-refractivity contribution in [1.82, 2.24) is 15.3 Å². The zero-order valence-corrected chi connectivity index (χ0v) is 12.0. The number of nitrogens with zero attached hydrogens (tertiary/aromatic N) is 1. The zero-order valence-electron chi connectivity index (χ0n) is 12.0. The van der Waals surface area contributed by atoms with Gasteiger partial charge in [-0.1, -0.05) is 0 Å². The first-order valence-corrected chi connectivity index (χ1v) is 7.18. The fraction of sp³-hybridized carbons (Fsp3) is 0.467. The van der Waals surface area contributed by atoms with E-state index in [9.17, 15) is 4.79 Å². The van der Waals surface area contributed by atoms with Crippen molar-refractivity contribution in [1.29, 1.82) is 0 Å². The molecule has 6 heteroatoms. The minimum atomic E-state index is -0.273. The predicted molar refractivity (Wildman–Crippen MR) is 78.3 cm³/mol. The standard InChI is InChI=1S/C15H19N3O3/c1-20-10-4-5-11-12(9-10)18-14(17-11)6-7-16-15(19)13-3-2-8-21-13/h4-5,9,13H,2-3,6-8H2,1H3,(H,16,19)(H,17,18)/t13-/m1/s1. The fourth-order valence-corrected chi connectivity index (χ4v) is 2.49. The molecule has 1 aliphatic rings. The van der Waals surface area contributed by atoms with Crippen molar-refractivity contribution in [3.05, 3.63) is 24.0 Å². The highest BCUT2D eigenvalue weighted by Crippen LogP contribution is 2.18. The van der Waals surface area contributed by atoms with E-state index >= 15 is 0 Å². The van der Waals surface area contributed by atoms with Crippen molar-refractivity contribution in [2.24, 2.45) is 0 Å². The van der Waals surface area contributed by atoms with E-state index in [4.69, 9.17) is 9.47 Å². The molecule has 0 unspecified atom stereocenters. The van der Waals surface area contributed by atoms with Crippen molar-refractivity contribution in [2.45, 2.75) is 25.4 Å². The van der Waals surface area contributed by atoms with Crippen molar-refractivity contribution in [3.63, 3.8) is 0 Å². The SMILES string of the molecule is COc1ccc2nc(CCNC(=O)[C@H]3CCCO3)[nH]c2c1. The summed E-state index contributed by atoms with van der Waals surface area (Å²) in [7, 11) is 1.64. The lowest BCUT2D eigenvalue weighted by molar-refractivity contribution is -0.129. The van der Waals surface area contributed by atoms with E-state index in [1.807, 2.05) is 18.2 Å². The zero-order chi connectivity index (χ0) is 14.7. The molecule has 1 aliphatic heterocycles. The normalized spacial score (nSPS) is 18.0. The van der Waals surface area contributed by atoms with Crippen LogP contribution < -0.4 is 10.1 Å². The summed E-state index contributed by atoms with van der Waals surface area (Å²) in [6, 6.07) is 5.71. The number of imidazole rings is 1. The molecule has 0 radical (unpaired) electrons. The molecule has 0 spiro atoms. The van der Waals surface area contributed by atoms with Gasteiger partial charge in [-0.25, -0.2) is 4.98 Å². The maximum Gasteiger partial charge on any atom is 0.249 e. The van der Waals surface area contributed by atoms with Crippen LogP contribution in [0.1, 0.15) is 18.7 Å². The third-order valence-electron chi connectivity index (χ3n) is 3.62. The van der Waals surface area contributed by atoms with Gasteiger partial charge in [0, 0.05) is 25.6 Å². The Labute approximate surface area is 122 Å². The van der Waals surface area contributed by atoms with E-state index < -0.39 is 0 Å². The molecule has 21 heavy (non-hydrogen) atoms. The molecule has 6 nitrogen and oxygen atoms in total. The number of methoxy groups -OCH3 is 1. The molecule has 2 aromatic rings. The van der Waals surface area contributed by atoms with Crippen LogP contribution in [0.25, 0.3) is 11.0 Å². The number of aromatic nitrogens is 2. The van der Waals surface area contributed by atoms with Crippen molar-refractivity contribution in [2.75, 3.05) is 20.3 Å². The first-order chi connectivity index (χ1) is 10.3. The van der Waals surface area contributed by atoms with E-state index in [1.54, 1.807) is 7.11 Å². The van der Waals surface area contributed by atoms with Crippen molar-refractivity contribution < 1.29 is 14.3 Å². The Bertz CT molecular complexity index is 632. The van der Waals surface area contributed by atoms with Crippen LogP contribution in [-0.4, -0.2) is 42.2 Å². The van der Waals surface area contributed by atoms with Crippen LogP contribution in [0.3, 0.4) is 0 Å². The second-order valence-electron chi connectivity index (χ2n) is 5.11. The third-order valence-corrected chi connectivity index (χ3v) is 3.62. The second kappa shape index (κ2) is 6.13. The van der Waals surface area contributed by atoms with Crippen molar-refractivity contribution >= 4 is 16.9 Å². The maximum atomic E-state index is 11.8. The number of rotatable bonds is 5. The van der Waals surface area contributed by atoms with Gasteiger partial charge in [0.1, 0.15) is 17.7 Å². The summed E-state index contributed by atoms with van der Waals surface area (Å²) in [5, 5.41) is 2.89. The number of amides is 1. The number of nitrogens with one attached hydrogen (secondary N) is 2. The average Bonchev–Trinajstić information content (AvgIpc) is 3.15. The molecule has 1 aromatic carbocycles. The molecule has 0 saturated carbocycles. The molecule has 1 atom stereocenters. The lowest BCUT2D eigenvalue weighted by atomic mass is 10.2. The van der Waals surface area contributed by atoms with Crippen LogP contribution in [0.2, 0.25) is 0 Å². The molecule has 112 valence electrons. The molecule has 1 aromatic heterocycles. The lowest BCUT2D eigenvalue weighted by Gasteiger charge is -2.09. The minimum Gasteiger partial charge on any atom is -0.497 e. The van der Waals surface area contributed by atoms with Gasteiger partial charge in [-0.3, -0.25) is 4.79 Å². The number of H-pyrrole nitrogens is 1. The number of hydrogen-bond donors (Lipinski definition) is 2. The fourth-order valence-electron chi connectivity index (χ4n) is 2.49. The van der Waals surface area contributed by atoms with E-state index in [2.05, 4.69) is 15.3 Å². The number of ether oxygens (including phenoxy) is 2. The molecule has 1 fully saturated rings. The Hall–Kier alpha value is -2.08. The van der Waals surface area contributed by atoms with Crippen molar-refractivity contribution in [3.8, 4) is 5.75 Å². The first kappa shape index (κ1) is 13.9. The highest BCUT2D eigenvalue weighted by atomic mass is 16.5. The molecule has 2 heterocycles. The Morgan fingerprint density at radius 1 is 1.57 bits per heavy atom. The van der Waals surface area contributed by atoms with Gasteiger partial charge < -0.3 is 19.8 Å². The molecule has 0 aliphatic carbocycles. The second-order valence-corrected chi connectivity index (χ2v) is 5.11. The van der Waals surface area contributed by atoms with Gasteiger partial charge >= 0.3 is 0 Å². The Morgan fingerprint density at radius 2 is 2.48 bits per heavy atom. The number of fused-ring (bicyclic) bond motifs is 1. The van der Waals surface area contributed by atoms with Gasteiger partial charge in [-0.15, -0.1) is 0 Å². The summed E-state index contributed by atoms with van der Waals surface area (Å²) < 4.78 is 10.5. The number of carbonyl (C=O) groups is 1. The quantitative estimate of drug-likeness (QED) is 0.872. The van der Waals surface area contributed by atoms with Crippen LogP contribution >= 0.6 is 0 Å². The molecule has 1 saturated heterocycles. The third kappa shape index (κ3) is 3.16. The van der Waals surface area contributed by atoms with E-state index in [0.29, 0.717) is 19.6 Å². The van der Waals surface area contributed by atoms with Crippen LogP contribution in [-0.2, 0) is 16.0 Å². The van der Waals surface area contributed by atoms with Crippen LogP contribution in [0, 0.1) is 0 Å². The summed E-state index contributed by atoms with van der Waals surface area (Å²) in [4.78, 5) is 19.5. The Balaban J connectivity index is 1.56. The Morgan fingerprint density at radius 3 is 3.24 bits per heavy atom. The number of aromatic amines is 1. The topological polar surface area (TPSA) is 76.2 Å². The maximum absolute atomic E-state index is 11.8. The minimum absolute atomic E-state index is 0.0229. The first-order valence-electron chi connectivity index (χ1n) is 7.18. The Kier molecular flexibility index (Phi) is 4.06. The number of hydrogen-bond acceptors (Lipinski definition) is 4. The van der Waals surface area contributed by atoms with Gasteiger partial charge in [0.25, 0.3) is 0 Å². The van der Waals surface area contributed by atoms with E-state index in [-0.39, 0.29) is 12.0 Å². The summed E-state index contributed by atoms with van der Waals surface area (Å²) in [6.07, 6.45) is 2.17. The van der Waals surface area contributed by atoms with E-state index in [1.165, 1.54) is 0 Å². The molecule has 3 rings (SSSR count). The highest BCUT2D eigenvalue weighted by molar-refractivity contribution is 5.81. The number of benzene rings is 1. The predicted octanol–water partition coefficient (Wildman–Crippen LogP) is 1.41. The molecule has 2 N–H and O–H groups in total. The van der Waals surface area contributed by atoms with Crippen LogP contribution in [0.5, 0.6) is 5.75 Å². The number of carbonyl (C=O) groups excluding carboxylic acids is 1. The smallest absolute Gasteiger partial charge is 0.249 e. The van der Waals surface area contributed by atoms with Gasteiger partial charge in [-0.2, -0.15) is 0 Å². The lowest BCUT2D eigenvalue weighted by Crippen LogP contribution is -2.35.